The molecule has 3 aromatic rings. The third-order valence-corrected chi connectivity index (χ3v) is 5.57. The van der Waals surface area contributed by atoms with Crippen molar-refractivity contribution in [1.29, 1.82) is 0 Å². The van der Waals surface area contributed by atoms with Gasteiger partial charge in [0.15, 0.2) is 5.82 Å². The molecular formula is C23H18ClF3N4S. The van der Waals surface area contributed by atoms with E-state index in [0.717, 1.165) is 39.6 Å². The number of terminal acetylenes is 1. The summed E-state index contributed by atoms with van der Waals surface area (Å²) >= 11 is 7.79. The van der Waals surface area contributed by atoms with Crippen molar-refractivity contribution >= 4 is 40.0 Å². The fraction of sp³-hybridized carbons (Fsp3) is 0.174. The average molecular weight is 475 g/mol. The van der Waals surface area contributed by atoms with E-state index in [4.69, 9.17) is 23.8 Å². The Balaban J connectivity index is 1.95. The maximum atomic E-state index is 12.8. The minimum atomic E-state index is -4.60. The molecule has 1 aromatic carbocycles. The van der Waals surface area contributed by atoms with Crippen molar-refractivity contribution in [3.05, 3.63) is 65.6 Å². The van der Waals surface area contributed by atoms with Crippen LogP contribution in [0.15, 0.2) is 58.7 Å². The Morgan fingerprint density at radius 1 is 1.16 bits per heavy atom. The molecule has 9 heteroatoms. The number of aliphatic imine (C=N–C) groups is 1. The summed E-state index contributed by atoms with van der Waals surface area (Å²) < 4.78 is 38.5. The van der Waals surface area contributed by atoms with E-state index >= 15 is 0 Å². The molecule has 0 saturated carbocycles. The summed E-state index contributed by atoms with van der Waals surface area (Å²) in [5.74, 6) is 3.71. The number of aromatic nitrogens is 2. The highest BCUT2D eigenvalue weighted by molar-refractivity contribution is 7.99. The van der Waals surface area contributed by atoms with Crippen molar-refractivity contribution in [1.82, 2.24) is 9.97 Å². The number of nitrogens with two attached hydrogens (primary N) is 1. The fourth-order valence-corrected chi connectivity index (χ4v) is 3.81. The summed E-state index contributed by atoms with van der Waals surface area (Å²) in [6.45, 7) is 1.98. The number of anilines is 1. The van der Waals surface area contributed by atoms with Crippen LogP contribution in [0.25, 0.3) is 11.1 Å². The molecule has 3 rings (SSSR count). The van der Waals surface area contributed by atoms with E-state index in [2.05, 4.69) is 20.9 Å². The number of benzene rings is 1. The van der Waals surface area contributed by atoms with Crippen molar-refractivity contribution in [3.8, 4) is 23.5 Å². The van der Waals surface area contributed by atoms with Gasteiger partial charge in [0, 0.05) is 30.1 Å². The standard InChI is InChI=1S/C23H18ClF3N4S/c1-3-5-14-6-8-15(9-7-14)16-10-19(32-4-2)22(30-12-16)31-21(24)17-13-29-20(11-18(17)28)23(25,26)27/h1,6-13H,4-5H2,2H3,(H2,28,29)/b31-21-. The molecule has 32 heavy (non-hydrogen) atoms. The molecule has 0 unspecified atom stereocenters. The normalized spacial score (nSPS) is 11.9. The molecule has 0 aliphatic rings. The van der Waals surface area contributed by atoms with E-state index in [1.165, 1.54) is 11.8 Å². The molecule has 2 N–H and O–H groups in total. The van der Waals surface area contributed by atoms with Crippen LogP contribution in [0.3, 0.4) is 0 Å². The van der Waals surface area contributed by atoms with Crippen LogP contribution in [-0.4, -0.2) is 20.9 Å². The third-order valence-electron chi connectivity index (χ3n) is 4.38. The molecule has 0 bridgehead atoms. The molecule has 0 spiro atoms. The van der Waals surface area contributed by atoms with Crippen molar-refractivity contribution < 1.29 is 13.2 Å². The van der Waals surface area contributed by atoms with Crippen molar-refractivity contribution in [2.24, 2.45) is 4.99 Å². The van der Waals surface area contributed by atoms with Gasteiger partial charge in [0.1, 0.15) is 10.9 Å². The molecular weight excluding hydrogens is 457 g/mol. The van der Waals surface area contributed by atoms with E-state index in [9.17, 15) is 13.2 Å². The lowest BCUT2D eigenvalue weighted by molar-refractivity contribution is -0.141. The first kappa shape index (κ1) is 23.6. The highest BCUT2D eigenvalue weighted by Crippen LogP contribution is 2.34. The molecule has 0 radical (unpaired) electrons. The zero-order chi connectivity index (χ0) is 23.3. The van der Waals surface area contributed by atoms with Gasteiger partial charge >= 0.3 is 6.18 Å². The molecule has 0 aliphatic heterocycles. The quantitative estimate of drug-likeness (QED) is 0.257. The summed E-state index contributed by atoms with van der Waals surface area (Å²) in [7, 11) is 0. The van der Waals surface area contributed by atoms with E-state index < -0.39 is 11.9 Å². The highest BCUT2D eigenvalue weighted by atomic mass is 35.5. The first-order valence-corrected chi connectivity index (χ1v) is 10.8. The van der Waals surface area contributed by atoms with Crippen LogP contribution in [0.2, 0.25) is 0 Å². The first-order chi connectivity index (χ1) is 15.2. The first-order valence-electron chi connectivity index (χ1n) is 9.45. The number of rotatable bonds is 6. The lowest BCUT2D eigenvalue weighted by Gasteiger charge is -2.10. The van der Waals surface area contributed by atoms with Crippen LogP contribution in [0.1, 0.15) is 23.7 Å². The number of thioether (sulfide) groups is 1. The van der Waals surface area contributed by atoms with Gasteiger partial charge in [0.05, 0.1) is 10.5 Å². The molecule has 0 aliphatic carbocycles. The Kier molecular flexibility index (Phi) is 7.44. The fourth-order valence-electron chi connectivity index (χ4n) is 2.83. The van der Waals surface area contributed by atoms with Gasteiger partial charge in [-0.05, 0) is 29.0 Å². The topological polar surface area (TPSA) is 64.2 Å². The van der Waals surface area contributed by atoms with Gasteiger partial charge in [0.2, 0.25) is 0 Å². The van der Waals surface area contributed by atoms with Gasteiger partial charge in [0.25, 0.3) is 0 Å². The third kappa shape index (κ3) is 5.61. The number of halogens is 4. The second kappa shape index (κ2) is 10.1. The van der Waals surface area contributed by atoms with Crippen molar-refractivity contribution in [2.45, 2.75) is 24.4 Å². The molecule has 164 valence electrons. The summed E-state index contributed by atoms with van der Waals surface area (Å²) in [4.78, 5) is 12.9. The molecule has 2 heterocycles. The molecule has 4 nitrogen and oxygen atoms in total. The zero-order valence-electron chi connectivity index (χ0n) is 16.9. The number of alkyl halides is 3. The summed E-state index contributed by atoms with van der Waals surface area (Å²) in [6, 6.07) is 10.5. The number of hydrogen-bond donors (Lipinski definition) is 1. The molecule has 0 amide bonds. The van der Waals surface area contributed by atoms with Gasteiger partial charge in [-0.15, -0.1) is 24.1 Å². The highest BCUT2D eigenvalue weighted by Gasteiger charge is 2.33. The van der Waals surface area contributed by atoms with E-state index in [0.29, 0.717) is 12.2 Å². The number of nitrogen functional groups attached to an aromatic ring is 1. The van der Waals surface area contributed by atoms with E-state index in [1.807, 2.05) is 37.3 Å². The second-order valence-corrected chi connectivity index (χ2v) is 8.28. The van der Waals surface area contributed by atoms with E-state index in [-0.39, 0.29) is 16.4 Å². The summed E-state index contributed by atoms with van der Waals surface area (Å²) in [5.41, 5.74) is 7.49. The number of nitrogens with zero attached hydrogens (tertiary/aromatic N) is 3. The lowest BCUT2D eigenvalue weighted by atomic mass is 10.0. The predicted molar refractivity (Wildman–Crippen MR) is 124 cm³/mol. The van der Waals surface area contributed by atoms with Crippen LogP contribution in [0.4, 0.5) is 24.7 Å². The number of pyridine rings is 2. The van der Waals surface area contributed by atoms with Crippen LogP contribution in [0, 0.1) is 12.3 Å². The van der Waals surface area contributed by atoms with Gasteiger partial charge in [-0.2, -0.15) is 13.2 Å². The molecule has 2 aromatic heterocycles. The second-order valence-electron chi connectivity index (χ2n) is 6.61. The Morgan fingerprint density at radius 3 is 2.47 bits per heavy atom. The van der Waals surface area contributed by atoms with Crippen molar-refractivity contribution in [3.63, 3.8) is 0 Å². The predicted octanol–water partition coefficient (Wildman–Crippen LogP) is 6.35. The zero-order valence-corrected chi connectivity index (χ0v) is 18.5. The van der Waals surface area contributed by atoms with Crippen LogP contribution >= 0.6 is 23.4 Å². The maximum Gasteiger partial charge on any atom is 0.433 e. The number of hydrogen-bond acceptors (Lipinski definition) is 5. The molecule has 0 atom stereocenters. The summed E-state index contributed by atoms with van der Waals surface area (Å²) in [6.07, 6.45) is 3.93. The Bertz CT molecular complexity index is 1190. The average Bonchev–Trinajstić information content (AvgIpc) is 2.75. The van der Waals surface area contributed by atoms with Gasteiger partial charge < -0.3 is 5.73 Å². The van der Waals surface area contributed by atoms with Gasteiger partial charge in [-0.25, -0.2) is 9.98 Å². The molecule has 0 fully saturated rings. The Morgan fingerprint density at radius 2 is 1.88 bits per heavy atom. The smallest absolute Gasteiger partial charge is 0.398 e. The largest absolute Gasteiger partial charge is 0.433 e. The SMILES string of the molecule is C#CCc1ccc(-c2cnc(/N=C(\Cl)c3cnc(C(F)(F)F)cc3N)c(SCC)c2)cc1. The van der Waals surface area contributed by atoms with Crippen LogP contribution in [-0.2, 0) is 12.6 Å². The summed E-state index contributed by atoms with van der Waals surface area (Å²) in [5, 5.41) is -0.0967. The minimum Gasteiger partial charge on any atom is -0.398 e. The minimum absolute atomic E-state index is 0.0967. The van der Waals surface area contributed by atoms with E-state index in [1.54, 1.807) is 6.20 Å². The van der Waals surface area contributed by atoms with Gasteiger partial charge in [-0.1, -0.05) is 42.8 Å². The lowest BCUT2D eigenvalue weighted by Crippen LogP contribution is -2.10. The Hall–Kier alpha value is -3.02. The van der Waals surface area contributed by atoms with Crippen LogP contribution < -0.4 is 5.73 Å². The maximum absolute atomic E-state index is 12.8. The van der Waals surface area contributed by atoms with Crippen molar-refractivity contribution in [2.75, 3.05) is 11.5 Å². The van der Waals surface area contributed by atoms with Crippen LogP contribution in [0.5, 0.6) is 0 Å². The molecule has 0 saturated heterocycles. The Labute approximate surface area is 193 Å². The van der Waals surface area contributed by atoms with Gasteiger partial charge in [-0.3, -0.25) is 4.98 Å². The monoisotopic (exact) mass is 474 g/mol.